The van der Waals surface area contributed by atoms with E-state index in [2.05, 4.69) is 16.0 Å². The second kappa shape index (κ2) is 4.74. The van der Waals surface area contributed by atoms with Gasteiger partial charge < -0.3 is 9.88 Å². The molecule has 0 bridgehead atoms. The minimum atomic E-state index is -0.0571. The number of benzene rings is 2. The van der Waals surface area contributed by atoms with Crippen LogP contribution in [0.5, 0.6) is 0 Å². The van der Waals surface area contributed by atoms with Crippen LogP contribution in [0, 0.1) is 0 Å². The first-order valence-corrected chi connectivity index (χ1v) is 7.17. The van der Waals surface area contributed by atoms with Crippen molar-refractivity contribution in [1.29, 1.82) is 0 Å². The smallest absolute Gasteiger partial charge is 0.294 e. The summed E-state index contributed by atoms with van der Waals surface area (Å²) in [6.45, 7) is 0.743. The Bertz CT molecular complexity index is 789. The molecule has 1 aliphatic rings. The maximum atomic E-state index is 12.8. The van der Waals surface area contributed by atoms with Crippen molar-refractivity contribution < 1.29 is 4.79 Å². The molecule has 104 valence electrons. The molecular formula is C17H15N3O. The van der Waals surface area contributed by atoms with Crippen molar-refractivity contribution in [3.05, 3.63) is 59.9 Å². The summed E-state index contributed by atoms with van der Waals surface area (Å²) in [6.07, 6.45) is 2.02. The van der Waals surface area contributed by atoms with Gasteiger partial charge >= 0.3 is 0 Å². The molecule has 0 saturated heterocycles. The fourth-order valence-electron chi connectivity index (χ4n) is 2.93. The SMILES string of the molecule is O=C(c1nc2ccccc2[nH]1)N1CCCc2ccccc21. The van der Waals surface area contributed by atoms with Crippen LogP contribution in [0.25, 0.3) is 11.0 Å². The van der Waals surface area contributed by atoms with E-state index in [4.69, 9.17) is 0 Å². The lowest BCUT2D eigenvalue weighted by atomic mass is 10.0. The van der Waals surface area contributed by atoms with E-state index in [-0.39, 0.29) is 5.91 Å². The van der Waals surface area contributed by atoms with Gasteiger partial charge in [-0.2, -0.15) is 0 Å². The highest BCUT2D eigenvalue weighted by molar-refractivity contribution is 6.05. The molecule has 1 N–H and O–H groups in total. The quantitative estimate of drug-likeness (QED) is 0.742. The first-order chi connectivity index (χ1) is 10.3. The average Bonchev–Trinajstić information content (AvgIpc) is 2.97. The monoisotopic (exact) mass is 277 g/mol. The molecular weight excluding hydrogens is 262 g/mol. The van der Waals surface area contributed by atoms with Gasteiger partial charge in [-0.15, -0.1) is 0 Å². The first-order valence-electron chi connectivity index (χ1n) is 7.17. The van der Waals surface area contributed by atoms with Gasteiger partial charge in [0.15, 0.2) is 5.82 Å². The molecule has 0 aliphatic carbocycles. The Morgan fingerprint density at radius 2 is 1.90 bits per heavy atom. The molecule has 1 amide bonds. The number of fused-ring (bicyclic) bond motifs is 2. The number of hydrogen-bond acceptors (Lipinski definition) is 2. The number of hydrogen-bond donors (Lipinski definition) is 1. The molecule has 0 radical (unpaired) electrons. The summed E-state index contributed by atoms with van der Waals surface area (Å²) >= 11 is 0. The molecule has 0 spiro atoms. The summed E-state index contributed by atoms with van der Waals surface area (Å²) in [5.74, 6) is 0.353. The third-order valence-corrected chi connectivity index (χ3v) is 3.95. The molecule has 2 aromatic carbocycles. The molecule has 0 saturated carbocycles. The number of para-hydroxylation sites is 3. The summed E-state index contributed by atoms with van der Waals surface area (Å²) in [5.41, 5.74) is 3.96. The fraction of sp³-hybridized carbons (Fsp3) is 0.176. The Morgan fingerprint density at radius 3 is 2.81 bits per heavy atom. The van der Waals surface area contributed by atoms with Crippen LogP contribution < -0.4 is 4.90 Å². The molecule has 4 nitrogen and oxygen atoms in total. The lowest BCUT2D eigenvalue weighted by molar-refractivity contribution is 0.0976. The van der Waals surface area contributed by atoms with E-state index in [9.17, 15) is 4.79 Å². The second-order valence-corrected chi connectivity index (χ2v) is 5.29. The van der Waals surface area contributed by atoms with Gasteiger partial charge in [-0.3, -0.25) is 4.79 Å². The van der Waals surface area contributed by atoms with E-state index in [1.165, 1.54) is 5.56 Å². The van der Waals surface area contributed by atoms with Gasteiger partial charge in [0.1, 0.15) is 0 Å². The van der Waals surface area contributed by atoms with Crippen LogP contribution in [-0.4, -0.2) is 22.4 Å². The summed E-state index contributed by atoms with van der Waals surface area (Å²) in [6, 6.07) is 15.8. The van der Waals surface area contributed by atoms with Crippen LogP contribution in [0.15, 0.2) is 48.5 Å². The van der Waals surface area contributed by atoms with Gasteiger partial charge in [0.25, 0.3) is 5.91 Å². The Hall–Kier alpha value is -2.62. The van der Waals surface area contributed by atoms with Crippen LogP contribution in [0.3, 0.4) is 0 Å². The maximum absolute atomic E-state index is 12.8. The predicted molar refractivity (Wildman–Crippen MR) is 82.5 cm³/mol. The summed E-state index contributed by atoms with van der Waals surface area (Å²) in [7, 11) is 0. The Labute approximate surface area is 122 Å². The predicted octanol–water partition coefficient (Wildman–Crippen LogP) is 3.16. The van der Waals surface area contributed by atoms with E-state index >= 15 is 0 Å². The van der Waals surface area contributed by atoms with Crippen LogP contribution in [0.4, 0.5) is 5.69 Å². The van der Waals surface area contributed by atoms with Crippen LogP contribution in [0.1, 0.15) is 22.6 Å². The zero-order chi connectivity index (χ0) is 14.2. The van der Waals surface area contributed by atoms with Crippen molar-refractivity contribution in [3.8, 4) is 0 Å². The van der Waals surface area contributed by atoms with E-state index < -0.39 is 0 Å². The fourth-order valence-corrected chi connectivity index (χ4v) is 2.93. The third-order valence-electron chi connectivity index (χ3n) is 3.95. The van der Waals surface area contributed by atoms with Gasteiger partial charge in [0.05, 0.1) is 11.0 Å². The van der Waals surface area contributed by atoms with Gasteiger partial charge in [-0.1, -0.05) is 30.3 Å². The van der Waals surface area contributed by atoms with Gasteiger partial charge in [-0.05, 0) is 36.6 Å². The van der Waals surface area contributed by atoms with Gasteiger partial charge in [-0.25, -0.2) is 4.98 Å². The maximum Gasteiger partial charge on any atom is 0.294 e. The molecule has 1 aliphatic heterocycles. The van der Waals surface area contributed by atoms with Crippen molar-refractivity contribution in [3.63, 3.8) is 0 Å². The van der Waals surface area contributed by atoms with Crippen molar-refractivity contribution in [2.75, 3.05) is 11.4 Å². The molecule has 0 atom stereocenters. The van der Waals surface area contributed by atoms with E-state index in [0.717, 1.165) is 36.1 Å². The number of amides is 1. The Balaban J connectivity index is 1.75. The Morgan fingerprint density at radius 1 is 1.10 bits per heavy atom. The molecule has 21 heavy (non-hydrogen) atoms. The number of imidazole rings is 1. The highest BCUT2D eigenvalue weighted by Gasteiger charge is 2.25. The number of aryl methyl sites for hydroxylation is 1. The number of anilines is 1. The molecule has 4 heteroatoms. The normalized spacial score (nSPS) is 14.2. The minimum absolute atomic E-state index is 0.0571. The molecule has 1 aromatic heterocycles. The lowest BCUT2D eigenvalue weighted by Crippen LogP contribution is -2.36. The molecule has 4 rings (SSSR count). The van der Waals surface area contributed by atoms with E-state index in [1.807, 2.05) is 47.4 Å². The van der Waals surface area contributed by atoms with Gasteiger partial charge in [0, 0.05) is 12.2 Å². The summed E-state index contributed by atoms with van der Waals surface area (Å²) < 4.78 is 0. The number of nitrogens with one attached hydrogen (secondary N) is 1. The lowest BCUT2D eigenvalue weighted by Gasteiger charge is -2.28. The van der Waals surface area contributed by atoms with Crippen molar-refractivity contribution in [2.45, 2.75) is 12.8 Å². The number of carbonyl (C=O) groups is 1. The van der Waals surface area contributed by atoms with Crippen molar-refractivity contribution in [1.82, 2.24) is 9.97 Å². The molecule has 0 fully saturated rings. The zero-order valence-electron chi connectivity index (χ0n) is 11.5. The summed E-state index contributed by atoms with van der Waals surface area (Å²) in [5, 5.41) is 0. The van der Waals surface area contributed by atoms with Crippen LogP contribution in [-0.2, 0) is 6.42 Å². The molecule has 0 unspecified atom stereocenters. The number of carbonyl (C=O) groups excluding carboxylic acids is 1. The Kier molecular flexibility index (Phi) is 2.74. The van der Waals surface area contributed by atoms with Gasteiger partial charge in [0.2, 0.25) is 0 Å². The van der Waals surface area contributed by atoms with Crippen molar-refractivity contribution in [2.24, 2.45) is 0 Å². The standard InChI is InChI=1S/C17H15N3O/c21-17(16-18-13-8-2-3-9-14(13)19-16)20-11-5-7-12-6-1-4-10-15(12)20/h1-4,6,8-10H,5,7,11H2,(H,18,19). The number of aromatic nitrogens is 2. The number of aromatic amines is 1. The van der Waals surface area contributed by atoms with Crippen LogP contribution in [0.2, 0.25) is 0 Å². The number of rotatable bonds is 1. The highest BCUT2D eigenvalue weighted by Crippen LogP contribution is 2.28. The summed E-state index contributed by atoms with van der Waals surface area (Å²) in [4.78, 5) is 22.1. The topological polar surface area (TPSA) is 49.0 Å². The average molecular weight is 277 g/mol. The highest BCUT2D eigenvalue weighted by atomic mass is 16.2. The van der Waals surface area contributed by atoms with E-state index in [1.54, 1.807) is 0 Å². The second-order valence-electron chi connectivity index (χ2n) is 5.29. The van der Waals surface area contributed by atoms with E-state index in [0.29, 0.717) is 5.82 Å². The first kappa shape index (κ1) is 12.1. The minimum Gasteiger partial charge on any atom is -0.334 e. The molecule has 3 aromatic rings. The largest absolute Gasteiger partial charge is 0.334 e. The third kappa shape index (κ3) is 2.00. The zero-order valence-corrected chi connectivity index (χ0v) is 11.5. The molecule has 2 heterocycles. The van der Waals surface area contributed by atoms with Crippen molar-refractivity contribution >= 4 is 22.6 Å². The van der Waals surface area contributed by atoms with Crippen LogP contribution >= 0.6 is 0 Å². The number of H-pyrrole nitrogens is 1. The number of nitrogens with zero attached hydrogens (tertiary/aromatic N) is 2.